The molecule has 5 heteroatoms. The number of carboxylic acid groups (broad SMARTS) is 1. The Balaban J connectivity index is 2.00. The molecule has 0 bridgehead atoms. The third-order valence-electron chi connectivity index (χ3n) is 3.87. The van der Waals surface area contributed by atoms with Crippen molar-refractivity contribution in [2.75, 3.05) is 13.1 Å². The summed E-state index contributed by atoms with van der Waals surface area (Å²) in [6.07, 6.45) is 0.555. The van der Waals surface area contributed by atoms with Crippen molar-refractivity contribution in [1.29, 1.82) is 0 Å². The molecular weight excluding hydrogens is 262 g/mol. The van der Waals surface area contributed by atoms with E-state index in [9.17, 15) is 9.59 Å². The zero-order chi connectivity index (χ0) is 14.0. The standard InChI is InChI=1S/C14H19NO3S/c1-9-8-15(6-5-11(9)14(17)18)13(16)10(2)12-4-3-7-19-12/h3-4,7,9-11H,5-6,8H2,1-2H3,(H,17,18). The average Bonchev–Trinajstić information content (AvgIpc) is 2.90. The molecule has 3 unspecified atom stereocenters. The second kappa shape index (κ2) is 5.74. The van der Waals surface area contributed by atoms with E-state index in [0.29, 0.717) is 19.5 Å². The van der Waals surface area contributed by atoms with Crippen LogP contribution < -0.4 is 0 Å². The van der Waals surface area contributed by atoms with Crippen LogP contribution in [0, 0.1) is 11.8 Å². The van der Waals surface area contributed by atoms with E-state index in [1.807, 2.05) is 36.3 Å². The predicted octanol–water partition coefficient (Wildman–Crippen LogP) is 2.42. The van der Waals surface area contributed by atoms with Crippen LogP contribution in [0.25, 0.3) is 0 Å². The number of carbonyl (C=O) groups excluding carboxylic acids is 1. The first kappa shape index (κ1) is 14.1. The van der Waals surface area contributed by atoms with Crippen molar-refractivity contribution in [3.8, 4) is 0 Å². The minimum absolute atomic E-state index is 0.0192. The van der Waals surface area contributed by atoms with Gasteiger partial charge in [0, 0.05) is 18.0 Å². The third kappa shape index (κ3) is 2.97. The molecule has 2 heterocycles. The van der Waals surface area contributed by atoms with Gasteiger partial charge >= 0.3 is 5.97 Å². The second-order valence-corrected chi connectivity index (χ2v) is 6.21. The number of hydrogen-bond acceptors (Lipinski definition) is 3. The van der Waals surface area contributed by atoms with Gasteiger partial charge in [0.1, 0.15) is 0 Å². The number of hydrogen-bond donors (Lipinski definition) is 1. The average molecular weight is 281 g/mol. The van der Waals surface area contributed by atoms with Crippen LogP contribution in [0.15, 0.2) is 17.5 Å². The lowest BCUT2D eigenvalue weighted by Gasteiger charge is -2.36. The SMILES string of the molecule is CC(C(=O)N1CCC(C(=O)O)C(C)C1)c1cccs1. The number of likely N-dealkylation sites (tertiary alicyclic amines) is 1. The predicted molar refractivity (Wildman–Crippen MR) is 74.2 cm³/mol. The largest absolute Gasteiger partial charge is 0.481 e. The Morgan fingerprint density at radius 2 is 2.26 bits per heavy atom. The number of rotatable bonds is 3. The van der Waals surface area contributed by atoms with Crippen molar-refractivity contribution in [2.45, 2.75) is 26.2 Å². The molecule has 0 saturated carbocycles. The van der Waals surface area contributed by atoms with Gasteiger partial charge in [0.05, 0.1) is 11.8 Å². The molecule has 1 fully saturated rings. The van der Waals surface area contributed by atoms with Gasteiger partial charge < -0.3 is 10.0 Å². The van der Waals surface area contributed by atoms with Gasteiger partial charge in [-0.2, -0.15) is 0 Å². The summed E-state index contributed by atoms with van der Waals surface area (Å²) in [7, 11) is 0. The number of aliphatic carboxylic acids is 1. The van der Waals surface area contributed by atoms with Gasteiger partial charge in [0.2, 0.25) is 5.91 Å². The fourth-order valence-corrected chi connectivity index (χ4v) is 3.42. The molecule has 104 valence electrons. The molecule has 1 aromatic heterocycles. The first-order valence-corrected chi connectivity index (χ1v) is 7.43. The quantitative estimate of drug-likeness (QED) is 0.925. The maximum Gasteiger partial charge on any atom is 0.306 e. The van der Waals surface area contributed by atoms with Crippen LogP contribution in [0.5, 0.6) is 0 Å². The van der Waals surface area contributed by atoms with Crippen LogP contribution in [0.4, 0.5) is 0 Å². The Morgan fingerprint density at radius 3 is 2.79 bits per heavy atom. The monoisotopic (exact) mass is 281 g/mol. The zero-order valence-electron chi connectivity index (χ0n) is 11.2. The highest BCUT2D eigenvalue weighted by molar-refractivity contribution is 7.10. The Hall–Kier alpha value is -1.36. The van der Waals surface area contributed by atoms with E-state index < -0.39 is 5.97 Å². The summed E-state index contributed by atoms with van der Waals surface area (Å²) in [6.45, 7) is 4.93. The zero-order valence-corrected chi connectivity index (χ0v) is 12.0. The number of carbonyl (C=O) groups is 2. The summed E-state index contributed by atoms with van der Waals surface area (Å²) in [5.41, 5.74) is 0. The van der Waals surface area contributed by atoms with Crippen molar-refractivity contribution < 1.29 is 14.7 Å². The molecule has 0 spiro atoms. The van der Waals surface area contributed by atoms with Gasteiger partial charge in [-0.3, -0.25) is 9.59 Å². The van der Waals surface area contributed by atoms with Gasteiger partial charge in [-0.15, -0.1) is 11.3 Å². The highest BCUT2D eigenvalue weighted by Gasteiger charge is 2.34. The summed E-state index contributed by atoms with van der Waals surface area (Å²) < 4.78 is 0. The fraction of sp³-hybridized carbons (Fsp3) is 0.571. The summed E-state index contributed by atoms with van der Waals surface area (Å²) in [6, 6.07) is 3.92. The van der Waals surface area contributed by atoms with Crippen LogP contribution in [-0.2, 0) is 9.59 Å². The van der Waals surface area contributed by atoms with Crippen molar-refractivity contribution >= 4 is 23.2 Å². The summed E-state index contributed by atoms with van der Waals surface area (Å²) in [4.78, 5) is 26.3. The highest BCUT2D eigenvalue weighted by atomic mass is 32.1. The van der Waals surface area contributed by atoms with Crippen LogP contribution in [0.2, 0.25) is 0 Å². The number of piperidine rings is 1. The van der Waals surface area contributed by atoms with Crippen molar-refractivity contribution in [2.24, 2.45) is 11.8 Å². The van der Waals surface area contributed by atoms with E-state index in [-0.39, 0.29) is 23.7 Å². The molecule has 1 aliphatic heterocycles. The Labute approximate surface area is 117 Å². The van der Waals surface area contributed by atoms with Crippen LogP contribution in [0.1, 0.15) is 31.1 Å². The van der Waals surface area contributed by atoms with Crippen LogP contribution >= 0.6 is 11.3 Å². The van der Waals surface area contributed by atoms with Crippen molar-refractivity contribution in [1.82, 2.24) is 4.90 Å². The summed E-state index contributed by atoms with van der Waals surface area (Å²) in [5.74, 6) is -1.07. The number of amides is 1. The van der Waals surface area contributed by atoms with E-state index in [1.165, 1.54) is 0 Å². The molecular formula is C14H19NO3S. The number of thiophene rings is 1. The van der Waals surface area contributed by atoms with E-state index in [4.69, 9.17) is 5.11 Å². The molecule has 2 rings (SSSR count). The summed E-state index contributed by atoms with van der Waals surface area (Å²) in [5, 5.41) is 11.1. The topological polar surface area (TPSA) is 57.6 Å². The Kier molecular flexibility index (Phi) is 4.24. The Bertz CT molecular complexity index is 457. The van der Waals surface area contributed by atoms with Gasteiger partial charge in [-0.1, -0.05) is 13.0 Å². The lowest BCUT2D eigenvalue weighted by molar-refractivity contribution is -0.148. The maximum absolute atomic E-state index is 12.4. The molecule has 1 aromatic rings. The molecule has 0 aliphatic carbocycles. The number of carboxylic acids is 1. The van der Waals surface area contributed by atoms with Gasteiger partial charge in [-0.25, -0.2) is 0 Å². The van der Waals surface area contributed by atoms with E-state index in [1.54, 1.807) is 11.3 Å². The molecule has 3 atom stereocenters. The molecule has 0 aromatic carbocycles. The maximum atomic E-state index is 12.4. The third-order valence-corrected chi connectivity index (χ3v) is 4.93. The minimum Gasteiger partial charge on any atom is -0.481 e. The fourth-order valence-electron chi connectivity index (χ4n) is 2.65. The van der Waals surface area contributed by atoms with E-state index in [0.717, 1.165) is 4.88 Å². The van der Waals surface area contributed by atoms with Crippen LogP contribution in [-0.4, -0.2) is 35.0 Å². The minimum atomic E-state index is -0.745. The molecule has 19 heavy (non-hydrogen) atoms. The lowest BCUT2D eigenvalue weighted by Crippen LogP contribution is -2.46. The van der Waals surface area contributed by atoms with Gasteiger partial charge in [0.25, 0.3) is 0 Å². The number of nitrogens with zero attached hydrogens (tertiary/aromatic N) is 1. The van der Waals surface area contributed by atoms with Crippen LogP contribution in [0.3, 0.4) is 0 Å². The summed E-state index contributed by atoms with van der Waals surface area (Å²) >= 11 is 1.59. The Morgan fingerprint density at radius 1 is 1.53 bits per heavy atom. The molecule has 1 saturated heterocycles. The van der Waals surface area contributed by atoms with Crippen molar-refractivity contribution in [3.05, 3.63) is 22.4 Å². The van der Waals surface area contributed by atoms with Gasteiger partial charge in [-0.05, 0) is 30.7 Å². The highest BCUT2D eigenvalue weighted by Crippen LogP contribution is 2.28. The first-order valence-electron chi connectivity index (χ1n) is 6.55. The first-order chi connectivity index (χ1) is 9.00. The normalized spacial score (nSPS) is 25.1. The van der Waals surface area contributed by atoms with E-state index >= 15 is 0 Å². The smallest absolute Gasteiger partial charge is 0.306 e. The molecule has 0 radical (unpaired) electrons. The van der Waals surface area contributed by atoms with E-state index in [2.05, 4.69) is 0 Å². The second-order valence-electron chi connectivity index (χ2n) is 5.23. The van der Waals surface area contributed by atoms with Gasteiger partial charge in [0.15, 0.2) is 0 Å². The molecule has 4 nitrogen and oxygen atoms in total. The lowest BCUT2D eigenvalue weighted by atomic mass is 9.86. The van der Waals surface area contributed by atoms with Crippen molar-refractivity contribution in [3.63, 3.8) is 0 Å². The molecule has 1 N–H and O–H groups in total. The molecule has 1 aliphatic rings. The molecule has 1 amide bonds.